The first-order valence-corrected chi connectivity index (χ1v) is 18.7. The quantitative estimate of drug-likeness (QED) is 0.106. The predicted octanol–water partition coefficient (Wildman–Crippen LogP) is 9.69. The highest BCUT2D eigenvalue weighted by molar-refractivity contribution is 5.88. The van der Waals surface area contributed by atoms with Gasteiger partial charge in [0.15, 0.2) is 0 Å². The van der Waals surface area contributed by atoms with E-state index in [1.807, 2.05) is 78.9 Å². The topological polar surface area (TPSA) is 120 Å². The summed E-state index contributed by atoms with van der Waals surface area (Å²) in [5, 5.41) is 9.01. The number of nitriles is 1. The second-order valence-corrected chi connectivity index (χ2v) is 14.4. The van der Waals surface area contributed by atoms with Crippen molar-refractivity contribution in [3.63, 3.8) is 0 Å². The van der Waals surface area contributed by atoms with Gasteiger partial charge in [-0.15, -0.1) is 0 Å². The fourth-order valence-corrected chi connectivity index (χ4v) is 6.34. The van der Waals surface area contributed by atoms with Crippen LogP contribution in [0.15, 0.2) is 134 Å². The van der Waals surface area contributed by atoms with Gasteiger partial charge in [-0.3, -0.25) is 19.9 Å². The lowest BCUT2D eigenvalue weighted by Gasteiger charge is -2.34. The highest BCUT2D eigenvalue weighted by Gasteiger charge is 2.35. The summed E-state index contributed by atoms with van der Waals surface area (Å²) in [7, 11) is 1.37. The first-order chi connectivity index (χ1) is 27.0. The molecule has 0 saturated carbocycles. The maximum atomic E-state index is 11.7. The number of nitrogens with zero attached hydrogens (tertiary/aromatic N) is 5. The summed E-state index contributed by atoms with van der Waals surface area (Å²) in [6, 6.07) is 37.4. The first-order valence-electron chi connectivity index (χ1n) is 18.7. The molecule has 0 bridgehead atoms. The molecule has 0 saturated heterocycles. The van der Waals surface area contributed by atoms with Crippen LogP contribution in [0, 0.1) is 23.2 Å². The molecule has 2 aromatic carbocycles. The molecule has 0 aliphatic rings. The van der Waals surface area contributed by atoms with Gasteiger partial charge in [-0.1, -0.05) is 64.1 Å². The Morgan fingerprint density at radius 3 is 1.43 bits per heavy atom. The summed E-state index contributed by atoms with van der Waals surface area (Å²) in [5.74, 6) is 1.84. The predicted molar refractivity (Wildman–Crippen MR) is 217 cm³/mol. The molecule has 0 amide bonds. The lowest BCUT2D eigenvalue weighted by molar-refractivity contribution is 0.0600. The zero-order chi connectivity index (χ0) is 40.1. The summed E-state index contributed by atoms with van der Waals surface area (Å²) < 4.78 is 16.5. The molecule has 0 radical (unpaired) electrons. The van der Waals surface area contributed by atoms with Crippen LogP contribution in [-0.2, 0) is 28.8 Å². The van der Waals surface area contributed by atoms with Crippen LogP contribution in [0.1, 0.15) is 91.4 Å². The number of methoxy groups -OCH3 is 1. The third kappa shape index (κ3) is 9.63. The van der Waals surface area contributed by atoms with E-state index < -0.39 is 0 Å². The molecule has 0 N–H and O–H groups in total. The van der Waals surface area contributed by atoms with Crippen LogP contribution in [0.25, 0.3) is 0 Å². The van der Waals surface area contributed by atoms with Gasteiger partial charge in [0.05, 0.1) is 41.0 Å². The minimum absolute atomic E-state index is 0.256. The van der Waals surface area contributed by atoms with Crippen molar-refractivity contribution in [2.24, 2.45) is 11.8 Å². The highest BCUT2D eigenvalue weighted by Crippen LogP contribution is 2.40. The maximum Gasteiger partial charge on any atom is 0.339 e. The van der Waals surface area contributed by atoms with Crippen LogP contribution in [0.5, 0.6) is 11.5 Å². The molecular weight excluding hydrogens is 699 g/mol. The lowest BCUT2D eigenvalue weighted by Crippen LogP contribution is -2.31. The third-order valence-electron chi connectivity index (χ3n) is 10.6. The van der Waals surface area contributed by atoms with Gasteiger partial charge in [-0.2, -0.15) is 5.26 Å². The zero-order valence-electron chi connectivity index (χ0n) is 33.1. The van der Waals surface area contributed by atoms with Crippen LogP contribution < -0.4 is 9.47 Å². The van der Waals surface area contributed by atoms with Crippen molar-refractivity contribution in [2.75, 3.05) is 7.11 Å². The van der Waals surface area contributed by atoms with E-state index in [0.29, 0.717) is 36.2 Å². The van der Waals surface area contributed by atoms with E-state index >= 15 is 0 Å². The van der Waals surface area contributed by atoms with Gasteiger partial charge in [0.25, 0.3) is 0 Å². The smallest absolute Gasteiger partial charge is 0.339 e. The fraction of sp³-hybridized carbons (Fsp3) is 0.277. The number of aromatic nitrogens is 4. The second-order valence-electron chi connectivity index (χ2n) is 14.4. The van der Waals surface area contributed by atoms with Crippen LogP contribution in [0.3, 0.4) is 0 Å². The van der Waals surface area contributed by atoms with E-state index in [1.165, 1.54) is 12.7 Å². The monoisotopic (exact) mass is 747 g/mol. The lowest BCUT2D eigenvalue weighted by atomic mass is 9.70. The minimum Gasteiger partial charge on any atom is -0.487 e. The Balaban J connectivity index is 0.000000215. The highest BCUT2D eigenvalue weighted by atomic mass is 16.5. The molecule has 0 fully saturated rings. The van der Waals surface area contributed by atoms with Crippen molar-refractivity contribution >= 4 is 5.97 Å². The van der Waals surface area contributed by atoms with Gasteiger partial charge in [0, 0.05) is 35.6 Å². The van der Waals surface area contributed by atoms with Gasteiger partial charge in [-0.25, -0.2) is 4.79 Å². The van der Waals surface area contributed by atoms with Crippen molar-refractivity contribution < 1.29 is 19.0 Å². The molecule has 9 nitrogen and oxygen atoms in total. The number of esters is 1. The van der Waals surface area contributed by atoms with Crippen LogP contribution in [-0.4, -0.2) is 33.0 Å². The normalized spacial score (nSPS) is 13.0. The van der Waals surface area contributed by atoms with Crippen LogP contribution in [0.4, 0.5) is 0 Å². The third-order valence-corrected chi connectivity index (χ3v) is 10.6. The molecule has 4 aromatic heterocycles. The molecule has 2 atom stereocenters. The number of hydrogen-bond acceptors (Lipinski definition) is 9. The van der Waals surface area contributed by atoms with E-state index in [1.54, 1.807) is 30.9 Å². The Kier molecular flexibility index (Phi) is 13.7. The number of rotatable bonds is 13. The van der Waals surface area contributed by atoms with Crippen molar-refractivity contribution in [3.05, 3.63) is 179 Å². The molecule has 2 unspecified atom stereocenters. The van der Waals surface area contributed by atoms with Gasteiger partial charge >= 0.3 is 5.97 Å². The summed E-state index contributed by atoms with van der Waals surface area (Å²) >= 11 is 0. The first kappa shape index (κ1) is 40.8. The van der Waals surface area contributed by atoms with Gasteiger partial charge < -0.3 is 14.2 Å². The zero-order valence-corrected chi connectivity index (χ0v) is 33.1. The summed E-state index contributed by atoms with van der Waals surface area (Å²) in [4.78, 5) is 29.4. The Hall–Kier alpha value is -6.40. The molecule has 0 aliphatic carbocycles. The van der Waals surface area contributed by atoms with Gasteiger partial charge in [0.1, 0.15) is 30.8 Å². The Morgan fingerprint density at radius 1 is 0.625 bits per heavy atom. The van der Waals surface area contributed by atoms with E-state index in [0.717, 1.165) is 39.8 Å². The standard InChI is InChI=1S/C24H26N2O3.C23H23N3O/c1-17(2)24(3,22-13-8-18(15-26-22)23(27)28-4)19-9-11-21(12-10-19)29-16-20-7-5-6-14-25-20;1-17(2)23(3,22-12-7-18(14-24)15-26-22)19-8-10-21(11-9-19)27-16-20-6-4-5-13-25-20/h5-15,17H,16H2,1-4H3;4-13,15,17H,16H2,1-3H3. The minimum atomic E-state index is -0.385. The van der Waals surface area contributed by atoms with Crippen molar-refractivity contribution in [2.45, 2.75) is 65.6 Å². The molecule has 0 aliphatic heterocycles. The molecule has 6 aromatic rings. The fourth-order valence-electron chi connectivity index (χ4n) is 6.34. The number of hydrogen-bond donors (Lipinski definition) is 0. The Labute approximate surface area is 330 Å². The van der Waals surface area contributed by atoms with Gasteiger partial charge in [0.2, 0.25) is 0 Å². The van der Waals surface area contributed by atoms with E-state index in [9.17, 15) is 4.79 Å². The molecule has 4 heterocycles. The molecular formula is C47H49N5O4. The number of carbonyl (C=O) groups is 1. The largest absolute Gasteiger partial charge is 0.487 e. The number of ether oxygens (including phenoxy) is 3. The molecule has 0 spiro atoms. The van der Waals surface area contributed by atoms with Crippen molar-refractivity contribution in [1.82, 2.24) is 19.9 Å². The van der Waals surface area contributed by atoms with E-state index in [-0.39, 0.29) is 16.8 Å². The molecule has 286 valence electrons. The van der Waals surface area contributed by atoms with Crippen LogP contribution >= 0.6 is 0 Å². The summed E-state index contributed by atoms with van der Waals surface area (Å²) in [5.41, 5.74) is 6.40. The number of carbonyl (C=O) groups excluding carboxylic acids is 1. The Morgan fingerprint density at radius 2 is 1.09 bits per heavy atom. The molecule has 9 heteroatoms. The van der Waals surface area contributed by atoms with E-state index in [4.69, 9.17) is 19.5 Å². The average Bonchev–Trinajstić information content (AvgIpc) is 3.25. The van der Waals surface area contributed by atoms with Crippen LogP contribution in [0.2, 0.25) is 0 Å². The summed E-state index contributed by atoms with van der Waals surface area (Å²) in [6.07, 6.45) is 6.74. The maximum absolute atomic E-state index is 11.7. The van der Waals surface area contributed by atoms with Crippen molar-refractivity contribution in [1.29, 1.82) is 5.26 Å². The summed E-state index contributed by atoms with van der Waals surface area (Å²) in [6.45, 7) is 13.9. The number of benzene rings is 2. The molecule has 6 rings (SSSR count). The second kappa shape index (κ2) is 18.8. The van der Waals surface area contributed by atoms with Crippen molar-refractivity contribution in [3.8, 4) is 17.6 Å². The molecule has 56 heavy (non-hydrogen) atoms. The van der Waals surface area contributed by atoms with E-state index in [2.05, 4.69) is 91.8 Å². The Bertz CT molecular complexity index is 2170. The van der Waals surface area contributed by atoms with Gasteiger partial charge in [-0.05, 0) is 110 Å². The SMILES string of the molecule is CC(C)C(C)(c1ccc(OCc2ccccn2)cc1)c1ccc(C#N)cn1.COC(=O)c1ccc(C(C)(c2ccc(OCc3ccccn3)cc2)C(C)C)nc1. The number of pyridine rings is 4. The average molecular weight is 748 g/mol.